The molecule has 0 bridgehead atoms. The minimum atomic E-state index is -0.553. The standard InChI is InChI=1S/C13H13NO2/c1-7(2)8(3)9-4-5-10-11(6-9)14-13(16)12(10)15/h4-7H,3H2,1-2H3,(H,14,15,16). The second-order valence-electron chi connectivity index (χ2n) is 4.22. The predicted octanol–water partition coefficient (Wildman–Crippen LogP) is 2.49. The molecule has 0 aromatic heterocycles. The predicted molar refractivity (Wildman–Crippen MR) is 63.3 cm³/mol. The average Bonchev–Trinajstić information content (AvgIpc) is 2.53. The summed E-state index contributed by atoms with van der Waals surface area (Å²) in [4.78, 5) is 22.5. The zero-order valence-electron chi connectivity index (χ0n) is 9.33. The Morgan fingerprint density at radius 3 is 2.62 bits per heavy atom. The van der Waals surface area contributed by atoms with E-state index in [-0.39, 0.29) is 0 Å². The van der Waals surface area contributed by atoms with E-state index in [0.717, 1.165) is 11.1 Å². The molecule has 1 heterocycles. The lowest BCUT2D eigenvalue weighted by Crippen LogP contribution is -2.12. The second-order valence-corrected chi connectivity index (χ2v) is 4.22. The van der Waals surface area contributed by atoms with Crippen molar-refractivity contribution in [2.45, 2.75) is 13.8 Å². The topological polar surface area (TPSA) is 46.2 Å². The highest BCUT2D eigenvalue weighted by Crippen LogP contribution is 2.29. The maximum atomic E-state index is 11.4. The molecule has 0 unspecified atom stereocenters. The van der Waals surface area contributed by atoms with E-state index in [1.807, 2.05) is 6.07 Å². The summed E-state index contributed by atoms with van der Waals surface area (Å²) in [7, 11) is 0. The zero-order chi connectivity index (χ0) is 11.9. The van der Waals surface area contributed by atoms with Crippen LogP contribution in [0, 0.1) is 5.92 Å². The molecule has 0 spiro atoms. The van der Waals surface area contributed by atoms with Crippen LogP contribution in [0.1, 0.15) is 29.8 Å². The number of carbonyl (C=O) groups excluding carboxylic acids is 2. The van der Waals surface area contributed by atoms with Crippen molar-refractivity contribution in [1.29, 1.82) is 0 Å². The largest absolute Gasteiger partial charge is 0.318 e. The number of anilines is 1. The molecule has 0 atom stereocenters. The molecule has 1 aromatic carbocycles. The minimum Gasteiger partial charge on any atom is -0.318 e. The SMILES string of the molecule is C=C(c1ccc2c(c1)NC(=O)C2=O)C(C)C. The number of amides is 1. The molecular formula is C13H13NO2. The zero-order valence-corrected chi connectivity index (χ0v) is 9.33. The van der Waals surface area contributed by atoms with E-state index in [1.54, 1.807) is 12.1 Å². The highest BCUT2D eigenvalue weighted by Gasteiger charge is 2.27. The molecule has 1 aromatic rings. The number of rotatable bonds is 2. The van der Waals surface area contributed by atoms with Gasteiger partial charge in [-0.1, -0.05) is 26.5 Å². The molecule has 1 aliphatic heterocycles. The smallest absolute Gasteiger partial charge is 0.296 e. The van der Waals surface area contributed by atoms with Crippen molar-refractivity contribution in [3.63, 3.8) is 0 Å². The van der Waals surface area contributed by atoms with Crippen LogP contribution in [0.25, 0.3) is 5.57 Å². The van der Waals surface area contributed by atoms with Crippen molar-refractivity contribution in [2.24, 2.45) is 5.92 Å². The molecule has 1 aliphatic rings. The van der Waals surface area contributed by atoms with Gasteiger partial charge in [-0.05, 0) is 29.2 Å². The lowest BCUT2D eigenvalue weighted by molar-refractivity contribution is -0.112. The van der Waals surface area contributed by atoms with Crippen molar-refractivity contribution < 1.29 is 9.59 Å². The van der Waals surface area contributed by atoms with Gasteiger partial charge in [-0.3, -0.25) is 9.59 Å². The summed E-state index contributed by atoms with van der Waals surface area (Å²) in [5.41, 5.74) is 3.00. The van der Waals surface area contributed by atoms with Crippen molar-refractivity contribution in [3.8, 4) is 0 Å². The number of nitrogens with one attached hydrogen (secondary N) is 1. The van der Waals surface area contributed by atoms with E-state index in [1.165, 1.54) is 0 Å². The van der Waals surface area contributed by atoms with Gasteiger partial charge in [-0.15, -0.1) is 0 Å². The molecule has 0 aliphatic carbocycles. The molecular weight excluding hydrogens is 202 g/mol. The Morgan fingerprint density at radius 1 is 1.31 bits per heavy atom. The number of hydrogen-bond acceptors (Lipinski definition) is 2. The summed E-state index contributed by atoms with van der Waals surface area (Å²) in [6, 6.07) is 5.32. The van der Waals surface area contributed by atoms with Crippen molar-refractivity contribution in [1.82, 2.24) is 0 Å². The van der Waals surface area contributed by atoms with Gasteiger partial charge in [0.2, 0.25) is 0 Å². The fraction of sp³-hybridized carbons (Fsp3) is 0.231. The van der Waals surface area contributed by atoms with Gasteiger partial charge in [-0.2, -0.15) is 0 Å². The van der Waals surface area contributed by atoms with Crippen molar-refractivity contribution in [3.05, 3.63) is 35.9 Å². The fourth-order valence-corrected chi connectivity index (χ4v) is 1.68. The quantitative estimate of drug-likeness (QED) is 0.770. The Hall–Kier alpha value is -1.90. The fourth-order valence-electron chi connectivity index (χ4n) is 1.68. The summed E-state index contributed by atoms with van der Waals surface area (Å²) >= 11 is 0. The third-order valence-electron chi connectivity index (χ3n) is 2.79. The molecule has 3 nitrogen and oxygen atoms in total. The van der Waals surface area contributed by atoms with E-state index in [9.17, 15) is 9.59 Å². The minimum absolute atomic E-state index is 0.339. The van der Waals surface area contributed by atoms with Crippen LogP contribution in [0.3, 0.4) is 0 Å². The third-order valence-corrected chi connectivity index (χ3v) is 2.79. The molecule has 3 heteroatoms. The van der Waals surface area contributed by atoms with Gasteiger partial charge in [0.05, 0.1) is 11.3 Å². The Labute approximate surface area is 94.2 Å². The van der Waals surface area contributed by atoms with Gasteiger partial charge in [-0.25, -0.2) is 0 Å². The lowest BCUT2D eigenvalue weighted by atomic mass is 9.95. The van der Waals surface area contributed by atoms with Crippen LogP contribution in [-0.2, 0) is 4.79 Å². The summed E-state index contributed by atoms with van der Waals surface area (Å²) in [6.45, 7) is 8.10. The van der Waals surface area contributed by atoms with Crippen LogP contribution in [0.2, 0.25) is 0 Å². The molecule has 0 saturated heterocycles. The van der Waals surface area contributed by atoms with Crippen LogP contribution in [0.4, 0.5) is 5.69 Å². The number of hydrogen-bond donors (Lipinski definition) is 1. The number of ketones is 1. The van der Waals surface area contributed by atoms with E-state index in [2.05, 4.69) is 25.7 Å². The van der Waals surface area contributed by atoms with Gasteiger partial charge >= 0.3 is 0 Å². The van der Waals surface area contributed by atoms with Crippen LogP contribution < -0.4 is 5.32 Å². The number of carbonyl (C=O) groups is 2. The Bertz CT molecular complexity index is 501. The summed E-state index contributed by atoms with van der Waals surface area (Å²) < 4.78 is 0. The normalized spacial score (nSPS) is 13.9. The number of Topliss-reactive ketones (excluding diaryl/α,β-unsaturated/α-hetero) is 1. The van der Waals surface area contributed by atoms with E-state index in [4.69, 9.17) is 0 Å². The first-order chi connectivity index (χ1) is 7.50. The maximum Gasteiger partial charge on any atom is 0.296 e. The Morgan fingerprint density at radius 2 is 2.00 bits per heavy atom. The molecule has 1 amide bonds. The first kappa shape index (κ1) is 10.6. The van der Waals surface area contributed by atoms with Crippen LogP contribution in [0.15, 0.2) is 24.8 Å². The molecule has 0 fully saturated rings. The van der Waals surface area contributed by atoms with Gasteiger partial charge < -0.3 is 5.32 Å². The maximum absolute atomic E-state index is 11.4. The number of allylic oxidation sites excluding steroid dienone is 1. The lowest BCUT2D eigenvalue weighted by Gasteiger charge is -2.10. The summed E-state index contributed by atoms with van der Waals surface area (Å²) in [6.07, 6.45) is 0. The van der Waals surface area contributed by atoms with E-state index in [0.29, 0.717) is 17.2 Å². The van der Waals surface area contributed by atoms with Crippen LogP contribution in [0.5, 0.6) is 0 Å². The van der Waals surface area contributed by atoms with Gasteiger partial charge in [0.1, 0.15) is 0 Å². The first-order valence-corrected chi connectivity index (χ1v) is 5.19. The van der Waals surface area contributed by atoms with E-state index >= 15 is 0 Å². The average molecular weight is 215 g/mol. The van der Waals surface area contributed by atoms with Crippen LogP contribution >= 0.6 is 0 Å². The molecule has 0 radical (unpaired) electrons. The van der Waals surface area contributed by atoms with Gasteiger partial charge in [0.25, 0.3) is 11.7 Å². The molecule has 1 N–H and O–H groups in total. The Kier molecular flexibility index (Phi) is 2.38. The Balaban J connectivity index is 2.43. The molecule has 0 saturated carbocycles. The number of fused-ring (bicyclic) bond motifs is 1. The monoisotopic (exact) mass is 215 g/mol. The highest BCUT2D eigenvalue weighted by atomic mass is 16.2. The van der Waals surface area contributed by atoms with Gasteiger partial charge in [0, 0.05) is 0 Å². The van der Waals surface area contributed by atoms with Crippen molar-refractivity contribution in [2.75, 3.05) is 5.32 Å². The summed E-state index contributed by atoms with van der Waals surface area (Å²) in [5.74, 6) is -0.676. The molecule has 2 rings (SSSR count). The summed E-state index contributed by atoms with van der Waals surface area (Å²) in [5, 5.41) is 2.55. The van der Waals surface area contributed by atoms with Gasteiger partial charge in [0.15, 0.2) is 0 Å². The van der Waals surface area contributed by atoms with Crippen LogP contribution in [-0.4, -0.2) is 11.7 Å². The third kappa shape index (κ3) is 1.54. The van der Waals surface area contributed by atoms with Crippen molar-refractivity contribution >= 4 is 23.0 Å². The van der Waals surface area contributed by atoms with E-state index < -0.39 is 11.7 Å². The second kappa shape index (κ2) is 3.59. The highest BCUT2D eigenvalue weighted by molar-refractivity contribution is 6.51. The number of benzene rings is 1. The molecule has 16 heavy (non-hydrogen) atoms. The first-order valence-electron chi connectivity index (χ1n) is 5.19. The molecule has 82 valence electrons.